The number of fused-ring (bicyclic) bond motifs is 3. The number of hydrogen-bond acceptors (Lipinski definition) is 5. The van der Waals surface area contributed by atoms with Crippen LogP contribution in [-0.4, -0.2) is 37.5 Å². The Hall–Kier alpha value is -3.52. The van der Waals surface area contributed by atoms with E-state index >= 15 is 0 Å². The highest BCUT2D eigenvalue weighted by molar-refractivity contribution is 5.98. The molecule has 1 aliphatic rings. The van der Waals surface area contributed by atoms with Crippen LogP contribution in [0.15, 0.2) is 54.9 Å². The third kappa shape index (κ3) is 4.33. The van der Waals surface area contributed by atoms with Gasteiger partial charge in [-0.05, 0) is 75.4 Å². The number of halogens is 1. The van der Waals surface area contributed by atoms with E-state index in [2.05, 4.69) is 15.6 Å². The van der Waals surface area contributed by atoms with E-state index in [1.807, 2.05) is 36.6 Å². The Morgan fingerprint density at radius 3 is 2.59 bits per heavy atom. The minimum absolute atomic E-state index is 0.216. The van der Waals surface area contributed by atoms with Crippen molar-refractivity contribution in [3.63, 3.8) is 0 Å². The third-order valence-corrected chi connectivity index (χ3v) is 6.61. The summed E-state index contributed by atoms with van der Waals surface area (Å²) in [5.74, 6) is 0.160. The van der Waals surface area contributed by atoms with E-state index in [0.717, 1.165) is 42.3 Å². The standard InChI is InChI=1S/C26H28FN5O2/c1-26(2,17-4-6-18(27)7-5-17)31-25(34)16-3-12-21-22(15-16)32-14-13-28-24(32)23(30-21)29-19-8-10-20(33)11-9-19/h3-7,12-15,19-20,33H,8-11H2,1-2H3,(H,29,30)(H,31,34). The van der Waals surface area contributed by atoms with Gasteiger partial charge in [0.25, 0.3) is 5.91 Å². The fourth-order valence-corrected chi connectivity index (χ4v) is 4.60. The molecule has 0 atom stereocenters. The normalized spacial score (nSPS) is 18.8. The summed E-state index contributed by atoms with van der Waals surface area (Å²) in [4.78, 5) is 22.4. The fraction of sp³-hybridized carbons (Fsp3) is 0.346. The lowest BCUT2D eigenvalue weighted by molar-refractivity contribution is 0.0912. The molecule has 0 aliphatic heterocycles. The van der Waals surface area contributed by atoms with Crippen molar-refractivity contribution in [1.29, 1.82) is 0 Å². The number of aliphatic hydroxyl groups excluding tert-OH is 1. The zero-order valence-corrected chi connectivity index (χ0v) is 19.3. The quantitative estimate of drug-likeness (QED) is 0.410. The van der Waals surface area contributed by atoms with Crippen LogP contribution in [0.3, 0.4) is 0 Å². The zero-order chi connectivity index (χ0) is 23.9. The largest absolute Gasteiger partial charge is 0.393 e. The molecule has 5 rings (SSSR count). The smallest absolute Gasteiger partial charge is 0.252 e. The van der Waals surface area contributed by atoms with Crippen LogP contribution in [0, 0.1) is 5.82 Å². The van der Waals surface area contributed by atoms with Gasteiger partial charge < -0.3 is 15.7 Å². The lowest BCUT2D eigenvalue weighted by atomic mass is 9.93. The number of aliphatic hydroxyl groups is 1. The second kappa shape index (κ2) is 8.68. The topological polar surface area (TPSA) is 91.5 Å². The number of rotatable bonds is 5. The lowest BCUT2D eigenvalue weighted by Crippen LogP contribution is -2.41. The minimum atomic E-state index is -0.677. The first-order valence-corrected chi connectivity index (χ1v) is 11.6. The SMILES string of the molecule is CC(C)(NC(=O)c1ccc2nc(NC3CCC(O)CC3)c3nccn3c2c1)c1ccc(F)cc1. The summed E-state index contributed by atoms with van der Waals surface area (Å²) in [5, 5.41) is 16.3. The first-order valence-electron chi connectivity index (χ1n) is 11.6. The van der Waals surface area contributed by atoms with E-state index in [-0.39, 0.29) is 23.9 Å². The summed E-state index contributed by atoms with van der Waals surface area (Å²) >= 11 is 0. The number of amides is 1. The van der Waals surface area contributed by atoms with Crippen molar-refractivity contribution >= 4 is 28.4 Å². The molecule has 0 unspecified atom stereocenters. The molecule has 2 aromatic heterocycles. The molecule has 0 spiro atoms. The van der Waals surface area contributed by atoms with Crippen molar-refractivity contribution in [2.45, 2.75) is 57.2 Å². The summed E-state index contributed by atoms with van der Waals surface area (Å²) in [6, 6.07) is 11.8. The van der Waals surface area contributed by atoms with Crippen LogP contribution >= 0.6 is 0 Å². The van der Waals surface area contributed by atoms with E-state index in [1.165, 1.54) is 12.1 Å². The first kappa shape index (κ1) is 22.3. The number of nitrogens with one attached hydrogen (secondary N) is 2. The predicted molar refractivity (Wildman–Crippen MR) is 129 cm³/mol. The van der Waals surface area contributed by atoms with Crippen molar-refractivity contribution < 1.29 is 14.3 Å². The highest BCUT2D eigenvalue weighted by atomic mass is 19.1. The highest BCUT2D eigenvalue weighted by Crippen LogP contribution is 2.27. The number of imidazole rings is 1. The van der Waals surface area contributed by atoms with Gasteiger partial charge in [-0.3, -0.25) is 9.20 Å². The van der Waals surface area contributed by atoms with Crippen LogP contribution in [0.4, 0.5) is 10.2 Å². The highest BCUT2D eigenvalue weighted by Gasteiger charge is 2.25. The Bertz CT molecular complexity index is 1340. The number of carbonyl (C=O) groups is 1. The van der Waals surface area contributed by atoms with Gasteiger partial charge in [0.2, 0.25) is 0 Å². The van der Waals surface area contributed by atoms with Gasteiger partial charge in [-0.1, -0.05) is 12.1 Å². The number of nitrogens with zero attached hydrogens (tertiary/aromatic N) is 3. The van der Waals surface area contributed by atoms with Gasteiger partial charge in [0, 0.05) is 24.0 Å². The van der Waals surface area contributed by atoms with Crippen molar-refractivity contribution in [1.82, 2.24) is 19.7 Å². The molecule has 0 radical (unpaired) electrons. The van der Waals surface area contributed by atoms with Gasteiger partial charge in [-0.15, -0.1) is 0 Å². The maximum atomic E-state index is 13.3. The Morgan fingerprint density at radius 2 is 1.85 bits per heavy atom. The molecule has 0 saturated heterocycles. The maximum absolute atomic E-state index is 13.3. The molecule has 3 N–H and O–H groups in total. The molecule has 1 fully saturated rings. The number of benzene rings is 2. The van der Waals surface area contributed by atoms with Crippen molar-refractivity contribution in [2.24, 2.45) is 0 Å². The minimum Gasteiger partial charge on any atom is -0.393 e. The molecule has 7 nitrogen and oxygen atoms in total. The van der Waals surface area contributed by atoms with E-state index < -0.39 is 5.54 Å². The van der Waals surface area contributed by atoms with E-state index in [1.54, 1.807) is 24.4 Å². The molecule has 2 heterocycles. The van der Waals surface area contributed by atoms with Gasteiger partial charge in [-0.25, -0.2) is 14.4 Å². The molecule has 176 valence electrons. The molecule has 8 heteroatoms. The number of carbonyl (C=O) groups excluding carboxylic acids is 1. The van der Waals surface area contributed by atoms with Crippen LogP contribution < -0.4 is 10.6 Å². The van der Waals surface area contributed by atoms with Crippen LogP contribution in [-0.2, 0) is 5.54 Å². The van der Waals surface area contributed by atoms with Crippen LogP contribution in [0.5, 0.6) is 0 Å². The van der Waals surface area contributed by atoms with Crippen molar-refractivity contribution in [3.05, 3.63) is 71.8 Å². The molecule has 0 bridgehead atoms. The van der Waals surface area contributed by atoms with Gasteiger partial charge in [0.05, 0.1) is 22.7 Å². The molecule has 1 saturated carbocycles. The molecule has 1 amide bonds. The molecule has 4 aromatic rings. The molecular formula is C26H28FN5O2. The molecule has 2 aromatic carbocycles. The van der Waals surface area contributed by atoms with E-state index in [0.29, 0.717) is 17.0 Å². The predicted octanol–water partition coefficient (Wildman–Crippen LogP) is 4.40. The summed E-state index contributed by atoms with van der Waals surface area (Å²) in [6.07, 6.45) is 6.70. The fourth-order valence-electron chi connectivity index (χ4n) is 4.60. The maximum Gasteiger partial charge on any atom is 0.252 e. The summed E-state index contributed by atoms with van der Waals surface area (Å²) in [6.45, 7) is 3.77. The van der Waals surface area contributed by atoms with Crippen LogP contribution in [0.2, 0.25) is 0 Å². The monoisotopic (exact) mass is 461 g/mol. The van der Waals surface area contributed by atoms with Crippen LogP contribution in [0.25, 0.3) is 16.7 Å². The second-order valence-electron chi connectivity index (χ2n) is 9.52. The van der Waals surface area contributed by atoms with E-state index in [4.69, 9.17) is 4.98 Å². The summed E-state index contributed by atoms with van der Waals surface area (Å²) in [5.41, 5.74) is 2.86. The summed E-state index contributed by atoms with van der Waals surface area (Å²) in [7, 11) is 0. The van der Waals surface area contributed by atoms with Gasteiger partial charge in [0.1, 0.15) is 5.82 Å². The number of hydrogen-bond donors (Lipinski definition) is 3. The third-order valence-electron chi connectivity index (χ3n) is 6.61. The Morgan fingerprint density at radius 1 is 1.12 bits per heavy atom. The van der Waals surface area contributed by atoms with Crippen LogP contribution in [0.1, 0.15) is 55.5 Å². The lowest BCUT2D eigenvalue weighted by Gasteiger charge is -2.27. The van der Waals surface area contributed by atoms with Gasteiger partial charge in [-0.2, -0.15) is 0 Å². The molecule has 34 heavy (non-hydrogen) atoms. The van der Waals surface area contributed by atoms with Crippen molar-refractivity contribution in [3.8, 4) is 0 Å². The second-order valence-corrected chi connectivity index (χ2v) is 9.52. The zero-order valence-electron chi connectivity index (χ0n) is 19.3. The average Bonchev–Trinajstić information content (AvgIpc) is 3.31. The number of anilines is 1. The Balaban J connectivity index is 1.43. The number of aromatic nitrogens is 3. The Labute approximate surface area is 197 Å². The van der Waals surface area contributed by atoms with Gasteiger partial charge in [0.15, 0.2) is 11.5 Å². The van der Waals surface area contributed by atoms with Crippen molar-refractivity contribution in [2.75, 3.05) is 5.32 Å². The summed E-state index contributed by atoms with van der Waals surface area (Å²) < 4.78 is 15.2. The first-order chi connectivity index (χ1) is 16.3. The molecule has 1 aliphatic carbocycles. The average molecular weight is 462 g/mol. The van der Waals surface area contributed by atoms with E-state index in [9.17, 15) is 14.3 Å². The molecular weight excluding hydrogens is 433 g/mol. The van der Waals surface area contributed by atoms with Gasteiger partial charge >= 0.3 is 0 Å². The Kier molecular flexibility index (Phi) is 5.69.